The van der Waals surface area contributed by atoms with Crippen molar-refractivity contribution >= 4 is 33.9 Å². The van der Waals surface area contributed by atoms with Gasteiger partial charge in [0.25, 0.3) is 5.91 Å². The number of nitrogens with one attached hydrogen (secondary N) is 1. The van der Waals surface area contributed by atoms with Gasteiger partial charge in [-0.25, -0.2) is 4.99 Å². The number of anilines is 2. The second-order valence-corrected chi connectivity index (χ2v) is 9.07. The van der Waals surface area contributed by atoms with Gasteiger partial charge in [0.1, 0.15) is 16.9 Å². The van der Waals surface area contributed by atoms with Crippen LogP contribution in [0.1, 0.15) is 34.3 Å². The fourth-order valence-electron chi connectivity index (χ4n) is 5.22. The van der Waals surface area contributed by atoms with E-state index in [4.69, 9.17) is 14.1 Å². The van der Waals surface area contributed by atoms with Crippen LogP contribution in [0.4, 0.5) is 17.1 Å². The minimum atomic E-state index is -0.253. The molecule has 6 nitrogen and oxygen atoms in total. The van der Waals surface area contributed by atoms with Crippen molar-refractivity contribution in [2.45, 2.75) is 25.7 Å². The van der Waals surface area contributed by atoms with Crippen LogP contribution in [0.15, 0.2) is 76.1 Å². The monoisotopic (exact) mass is 465 g/mol. The highest BCUT2D eigenvalue weighted by Gasteiger charge is 2.27. The number of benzene rings is 3. The van der Waals surface area contributed by atoms with Crippen LogP contribution in [-0.4, -0.2) is 26.1 Å². The van der Waals surface area contributed by atoms with E-state index in [9.17, 15) is 4.79 Å². The summed E-state index contributed by atoms with van der Waals surface area (Å²) in [7, 11) is 1.62. The van der Waals surface area contributed by atoms with Crippen molar-refractivity contribution in [3.05, 3.63) is 89.0 Å². The molecule has 0 spiro atoms. The van der Waals surface area contributed by atoms with Crippen LogP contribution in [0, 0.1) is 0 Å². The molecule has 4 aromatic rings. The van der Waals surface area contributed by atoms with Crippen LogP contribution < -0.4 is 20.5 Å². The molecule has 0 saturated heterocycles. The van der Waals surface area contributed by atoms with Gasteiger partial charge in [0.2, 0.25) is 5.55 Å². The summed E-state index contributed by atoms with van der Waals surface area (Å²) in [6.45, 7) is 2.17. The maximum atomic E-state index is 13.4. The number of para-hydroxylation sites is 1. The Morgan fingerprint density at radius 2 is 1.83 bits per heavy atom. The zero-order valence-electron chi connectivity index (χ0n) is 19.7. The maximum absolute atomic E-state index is 13.4. The summed E-state index contributed by atoms with van der Waals surface area (Å²) in [6.07, 6.45) is 4.27. The summed E-state index contributed by atoms with van der Waals surface area (Å²) < 4.78 is 11.9. The summed E-state index contributed by atoms with van der Waals surface area (Å²) in [5.41, 5.74) is 6.82. The Bertz CT molecular complexity index is 1490. The van der Waals surface area contributed by atoms with Crippen molar-refractivity contribution in [3.8, 4) is 5.75 Å². The number of methoxy groups -OCH3 is 1. The summed E-state index contributed by atoms with van der Waals surface area (Å²) in [5.74, 6) is 0.443. The average molecular weight is 466 g/mol. The first-order valence-electron chi connectivity index (χ1n) is 12.1. The third-order valence-electron chi connectivity index (χ3n) is 6.79. The molecule has 0 unspecified atom stereocenters. The molecule has 3 aromatic carbocycles. The Balaban J connectivity index is 1.56. The van der Waals surface area contributed by atoms with E-state index >= 15 is 0 Å². The van der Waals surface area contributed by atoms with Crippen LogP contribution in [0.2, 0.25) is 0 Å². The largest absolute Gasteiger partial charge is 0.497 e. The molecule has 176 valence electrons. The highest BCUT2D eigenvalue weighted by molar-refractivity contribution is 6.06. The van der Waals surface area contributed by atoms with E-state index in [2.05, 4.69) is 16.3 Å². The molecule has 1 amide bonds. The van der Waals surface area contributed by atoms with E-state index in [0.29, 0.717) is 22.6 Å². The summed E-state index contributed by atoms with van der Waals surface area (Å²) in [6, 6.07) is 21.0. The van der Waals surface area contributed by atoms with E-state index in [1.54, 1.807) is 7.11 Å². The molecule has 0 fully saturated rings. The second kappa shape index (κ2) is 8.95. The molecule has 6 heteroatoms. The van der Waals surface area contributed by atoms with Crippen molar-refractivity contribution in [2.24, 2.45) is 4.99 Å². The lowest BCUT2D eigenvalue weighted by Gasteiger charge is -2.37. The number of ether oxygens (including phenoxy) is 1. The molecule has 3 heterocycles. The average Bonchev–Trinajstić information content (AvgIpc) is 2.89. The second-order valence-electron chi connectivity index (χ2n) is 9.07. The highest BCUT2D eigenvalue weighted by Crippen LogP contribution is 2.39. The number of amides is 1. The van der Waals surface area contributed by atoms with Crippen molar-refractivity contribution in [1.82, 2.24) is 0 Å². The van der Waals surface area contributed by atoms with E-state index in [0.717, 1.165) is 55.4 Å². The third-order valence-corrected chi connectivity index (χ3v) is 6.79. The molecule has 35 heavy (non-hydrogen) atoms. The minimum absolute atomic E-state index is 0.253. The minimum Gasteiger partial charge on any atom is -0.497 e. The summed E-state index contributed by atoms with van der Waals surface area (Å²) >= 11 is 0. The normalized spacial score (nSPS) is 15.1. The van der Waals surface area contributed by atoms with Crippen LogP contribution in [-0.2, 0) is 12.8 Å². The Kier molecular flexibility index (Phi) is 5.49. The lowest BCUT2D eigenvalue weighted by molar-refractivity contribution is 0.102. The number of carbonyl (C=O) groups excluding carboxylic acids is 1. The predicted molar refractivity (Wildman–Crippen MR) is 138 cm³/mol. The summed E-state index contributed by atoms with van der Waals surface area (Å²) in [4.78, 5) is 20.7. The molecule has 0 saturated carbocycles. The number of aryl methyl sites for hydroxylation is 2. The van der Waals surface area contributed by atoms with E-state index in [1.807, 2.05) is 60.7 Å². The fraction of sp³-hybridized carbons (Fsp3) is 0.241. The van der Waals surface area contributed by atoms with Gasteiger partial charge in [0.05, 0.1) is 12.8 Å². The lowest BCUT2D eigenvalue weighted by atomic mass is 9.90. The van der Waals surface area contributed by atoms with Gasteiger partial charge in [-0.3, -0.25) is 4.79 Å². The van der Waals surface area contributed by atoms with Crippen molar-refractivity contribution in [1.29, 1.82) is 0 Å². The van der Waals surface area contributed by atoms with Crippen molar-refractivity contribution in [2.75, 3.05) is 30.4 Å². The van der Waals surface area contributed by atoms with Gasteiger partial charge in [-0.15, -0.1) is 0 Å². The highest BCUT2D eigenvalue weighted by atomic mass is 16.5. The SMILES string of the molecule is COc1cccc(N=c2oc3c4c5c(cc3cc2C(=O)Nc2ccccc2)CCCN5CCC4)c1. The van der Waals surface area contributed by atoms with Crippen molar-refractivity contribution < 1.29 is 13.9 Å². The van der Waals surface area contributed by atoms with Crippen LogP contribution >= 0.6 is 0 Å². The molecule has 0 atom stereocenters. The van der Waals surface area contributed by atoms with Gasteiger partial charge in [-0.05, 0) is 67.6 Å². The predicted octanol–water partition coefficient (Wildman–Crippen LogP) is 5.62. The van der Waals surface area contributed by atoms with Crippen molar-refractivity contribution in [3.63, 3.8) is 0 Å². The number of rotatable bonds is 4. The smallest absolute Gasteiger partial charge is 0.261 e. The van der Waals surface area contributed by atoms with E-state index in [1.165, 1.54) is 16.8 Å². The topological polar surface area (TPSA) is 67.1 Å². The summed E-state index contributed by atoms with van der Waals surface area (Å²) in [5, 5.41) is 3.94. The molecule has 6 rings (SSSR count). The molecule has 1 aromatic heterocycles. The van der Waals surface area contributed by atoms with Gasteiger partial charge in [-0.2, -0.15) is 0 Å². The van der Waals surface area contributed by atoms with E-state index < -0.39 is 0 Å². The van der Waals surface area contributed by atoms with Crippen LogP contribution in [0.5, 0.6) is 5.75 Å². The zero-order chi connectivity index (χ0) is 23.8. The Hall–Kier alpha value is -4.06. The number of nitrogens with zero attached hydrogens (tertiary/aromatic N) is 2. The van der Waals surface area contributed by atoms with Gasteiger partial charge in [0.15, 0.2) is 0 Å². The first-order chi connectivity index (χ1) is 17.2. The Morgan fingerprint density at radius 3 is 2.66 bits per heavy atom. The van der Waals surface area contributed by atoms with Crippen LogP contribution in [0.3, 0.4) is 0 Å². The molecule has 1 N–H and O–H groups in total. The molecule has 2 aliphatic rings. The van der Waals surface area contributed by atoms with Gasteiger partial charge < -0.3 is 19.4 Å². The lowest BCUT2D eigenvalue weighted by Crippen LogP contribution is -2.34. The Morgan fingerprint density at radius 1 is 1.00 bits per heavy atom. The first-order valence-corrected chi connectivity index (χ1v) is 12.1. The number of hydrogen-bond acceptors (Lipinski definition) is 5. The molecule has 0 radical (unpaired) electrons. The number of hydrogen-bond donors (Lipinski definition) is 1. The van der Waals surface area contributed by atoms with Gasteiger partial charge >= 0.3 is 0 Å². The zero-order valence-corrected chi connectivity index (χ0v) is 19.7. The van der Waals surface area contributed by atoms with E-state index in [-0.39, 0.29) is 5.91 Å². The van der Waals surface area contributed by atoms with Crippen LogP contribution in [0.25, 0.3) is 11.0 Å². The van der Waals surface area contributed by atoms with Gasteiger partial charge in [-0.1, -0.05) is 24.3 Å². The van der Waals surface area contributed by atoms with Gasteiger partial charge in [0, 0.05) is 41.5 Å². The standard InChI is InChI=1S/C29H27N3O3/c1-34-23-12-5-11-22(18-23)31-29-25(28(33)30-21-9-3-2-4-10-21)17-20-16-19-8-6-14-32-15-7-13-24(26(19)32)27(20)35-29/h2-5,9-12,16-18H,6-8,13-15H2,1H3,(H,30,33). The molecular weight excluding hydrogens is 438 g/mol. The maximum Gasteiger partial charge on any atom is 0.261 e. The number of fused-ring (bicyclic) bond motifs is 2. The third kappa shape index (κ3) is 4.05. The first kappa shape index (κ1) is 21.5. The quantitative estimate of drug-likeness (QED) is 0.425. The molecule has 2 aliphatic heterocycles. The molecule has 0 bridgehead atoms. The fourth-order valence-corrected chi connectivity index (χ4v) is 5.22. The Labute approximate surface area is 203 Å². The number of carbonyl (C=O) groups is 1. The molecule has 0 aliphatic carbocycles. The molecular formula is C29H27N3O3.